The van der Waals surface area contributed by atoms with Gasteiger partial charge in [-0.15, -0.1) is 0 Å². The highest BCUT2D eigenvalue weighted by Gasteiger charge is 2.30. The van der Waals surface area contributed by atoms with Gasteiger partial charge in [-0.1, -0.05) is 0 Å². The predicted molar refractivity (Wildman–Crippen MR) is 64.0 cm³/mol. The molecular weight excluding hydrogens is 222 g/mol. The van der Waals surface area contributed by atoms with Crippen molar-refractivity contribution in [2.24, 2.45) is 0 Å². The van der Waals surface area contributed by atoms with Crippen LogP contribution in [0.4, 0.5) is 4.79 Å². The van der Waals surface area contributed by atoms with E-state index in [0.29, 0.717) is 19.7 Å². The lowest BCUT2D eigenvalue weighted by atomic mass is 10.2. The second kappa shape index (κ2) is 5.69. The molecule has 0 radical (unpaired) electrons. The first-order valence-corrected chi connectivity index (χ1v) is 5.96. The van der Waals surface area contributed by atoms with Crippen LogP contribution in [0.25, 0.3) is 0 Å². The minimum Gasteiger partial charge on any atom is -0.444 e. The van der Waals surface area contributed by atoms with E-state index in [1.54, 1.807) is 12.0 Å². The standard InChI is InChI=1S/C12H23NO4/c1-9(15-5)10-8-13(6-7-16-10)11(14)17-12(2,3)4/h9-10H,6-8H2,1-5H3/t9-,10-/m0/s1. The van der Waals surface area contributed by atoms with Gasteiger partial charge in [0.05, 0.1) is 19.3 Å². The number of nitrogens with zero attached hydrogens (tertiary/aromatic N) is 1. The van der Waals surface area contributed by atoms with E-state index < -0.39 is 5.60 Å². The first-order chi connectivity index (χ1) is 7.83. The SMILES string of the molecule is CO[C@@H](C)[C@@H]1CN(C(=O)OC(C)(C)C)CCO1. The highest BCUT2D eigenvalue weighted by Crippen LogP contribution is 2.15. The van der Waals surface area contributed by atoms with E-state index in [9.17, 15) is 4.79 Å². The second-order valence-corrected chi connectivity index (χ2v) is 5.28. The number of morpholine rings is 1. The van der Waals surface area contributed by atoms with Gasteiger partial charge in [0.1, 0.15) is 11.7 Å². The third-order valence-electron chi connectivity index (χ3n) is 2.64. The summed E-state index contributed by atoms with van der Waals surface area (Å²) in [6.07, 6.45) is -0.393. The Bertz CT molecular complexity index is 262. The molecule has 100 valence electrons. The van der Waals surface area contributed by atoms with E-state index in [4.69, 9.17) is 14.2 Å². The third kappa shape index (κ3) is 4.52. The monoisotopic (exact) mass is 245 g/mol. The average molecular weight is 245 g/mol. The summed E-state index contributed by atoms with van der Waals surface area (Å²) in [6, 6.07) is 0. The smallest absolute Gasteiger partial charge is 0.410 e. The highest BCUT2D eigenvalue weighted by atomic mass is 16.6. The summed E-state index contributed by atoms with van der Waals surface area (Å²) in [5.74, 6) is 0. The number of rotatable bonds is 2. The molecule has 0 aliphatic carbocycles. The maximum atomic E-state index is 11.9. The third-order valence-corrected chi connectivity index (χ3v) is 2.64. The molecule has 1 rings (SSSR count). The van der Waals surface area contributed by atoms with Crippen LogP contribution in [0.15, 0.2) is 0 Å². The van der Waals surface area contributed by atoms with Crippen molar-refractivity contribution < 1.29 is 19.0 Å². The fourth-order valence-electron chi connectivity index (χ4n) is 1.60. The number of methoxy groups -OCH3 is 1. The van der Waals surface area contributed by atoms with Gasteiger partial charge < -0.3 is 19.1 Å². The summed E-state index contributed by atoms with van der Waals surface area (Å²) in [5, 5.41) is 0. The molecule has 0 unspecified atom stereocenters. The van der Waals surface area contributed by atoms with Crippen molar-refractivity contribution in [1.82, 2.24) is 4.90 Å². The summed E-state index contributed by atoms with van der Waals surface area (Å²) in [5.41, 5.74) is -0.461. The molecule has 5 nitrogen and oxygen atoms in total. The summed E-state index contributed by atoms with van der Waals surface area (Å²) in [4.78, 5) is 13.6. The fraction of sp³-hybridized carbons (Fsp3) is 0.917. The van der Waals surface area contributed by atoms with E-state index in [2.05, 4.69) is 0 Å². The summed E-state index contributed by atoms with van der Waals surface area (Å²) in [6.45, 7) is 9.13. The highest BCUT2D eigenvalue weighted by molar-refractivity contribution is 5.68. The summed E-state index contributed by atoms with van der Waals surface area (Å²) >= 11 is 0. The first kappa shape index (κ1) is 14.3. The van der Waals surface area contributed by atoms with E-state index in [1.807, 2.05) is 27.7 Å². The van der Waals surface area contributed by atoms with Gasteiger partial charge in [0.25, 0.3) is 0 Å². The average Bonchev–Trinajstić information content (AvgIpc) is 2.26. The maximum absolute atomic E-state index is 11.9. The molecule has 0 N–H and O–H groups in total. The second-order valence-electron chi connectivity index (χ2n) is 5.28. The Labute approximate surface area is 103 Å². The Hall–Kier alpha value is -0.810. The molecule has 2 atom stereocenters. The Morgan fingerprint density at radius 2 is 2.12 bits per heavy atom. The van der Waals surface area contributed by atoms with Gasteiger partial charge in [-0.25, -0.2) is 4.79 Å². The van der Waals surface area contributed by atoms with Crippen LogP contribution in [0.2, 0.25) is 0 Å². The Balaban J connectivity index is 2.52. The Morgan fingerprint density at radius 1 is 1.47 bits per heavy atom. The van der Waals surface area contributed by atoms with Crippen LogP contribution in [0, 0.1) is 0 Å². The van der Waals surface area contributed by atoms with E-state index in [0.717, 1.165) is 0 Å². The molecule has 17 heavy (non-hydrogen) atoms. The molecule has 1 heterocycles. The summed E-state index contributed by atoms with van der Waals surface area (Å²) < 4.78 is 16.1. The van der Waals surface area contributed by atoms with Gasteiger partial charge in [0, 0.05) is 13.7 Å². The van der Waals surface area contributed by atoms with Crippen molar-refractivity contribution >= 4 is 6.09 Å². The molecular formula is C12H23NO4. The van der Waals surface area contributed by atoms with Gasteiger partial charge in [-0.2, -0.15) is 0 Å². The number of ether oxygens (including phenoxy) is 3. The van der Waals surface area contributed by atoms with Gasteiger partial charge >= 0.3 is 6.09 Å². The zero-order valence-corrected chi connectivity index (χ0v) is 11.4. The lowest BCUT2D eigenvalue weighted by molar-refractivity contribution is -0.0945. The van der Waals surface area contributed by atoms with Crippen LogP contribution >= 0.6 is 0 Å². The molecule has 0 aromatic rings. The molecule has 1 aliphatic rings. The van der Waals surface area contributed by atoms with Crippen LogP contribution < -0.4 is 0 Å². The predicted octanol–water partition coefficient (Wildman–Crippen LogP) is 1.66. The molecule has 0 bridgehead atoms. The van der Waals surface area contributed by atoms with Crippen LogP contribution in [0.3, 0.4) is 0 Å². The molecule has 1 saturated heterocycles. The minimum atomic E-state index is -0.461. The van der Waals surface area contributed by atoms with Gasteiger partial charge in [-0.3, -0.25) is 0 Å². The van der Waals surface area contributed by atoms with Crippen molar-refractivity contribution in [3.63, 3.8) is 0 Å². The number of hydrogen-bond acceptors (Lipinski definition) is 4. The number of hydrogen-bond donors (Lipinski definition) is 0. The fourth-order valence-corrected chi connectivity index (χ4v) is 1.60. The van der Waals surface area contributed by atoms with Gasteiger partial charge in [0.2, 0.25) is 0 Å². The Morgan fingerprint density at radius 3 is 2.65 bits per heavy atom. The van der Waals surface area contributed by atoms with Crippen LogP contribution in [-0.4, -0.2) is 55.6 Å². The molecule has 0 spiro atoms. The largest absolute Gasteiger partial charge is 0.444 e. The van der Waals surface area contributed by atoms with Crippen LogP contribution in [0.1, 0.15) is 27.7 Å². The van der Waals surface area contributed by atoms with E-state index >= 15 is 0 Å². The van der Waals surface area contributed by atoms with Gasteiger partial charge in [0.15, 0.2) is 0 Å². The van der Waals surface area contributed by atoms with Crippen molar-refractivity contribution in [2.45, 2.75) is 45.5 Å². The molecule has 0 aromatic carbocycles. The molecule has 1 amide bonds. The maximum Gasteiger partial charge on any atom is 0.410 e. The van der Waals surface area contributed by atoms with Crippen molar-refractivity contribution in [3.8, 4) is 0 Å². The van der Waals surface area contributed by atoms with Gasteiger partial charge in [-0.05, 0) is 27.7 Å². The molecule has 1 fully saturated rings. The van der Waals surface area contributed by atoms with E-state index in [-0.39, 0.29) is 18.3 Å². The zero-order valence-electron chi connectivity index (χ0n) is 11.4. The Kier molecular flexibility index (Phi) is 4.77. The van der Waals surface area contributed by atoms with Crippen molar-refractivity contribution in [1.29, 1.82) is 0 Å². The molecule has 0 saturated carbocycles. The van der Waals surface area contributed by atoms with Crippen LogP contribution in [-0.2, 0) is 14.2 Å². The lowest BCUT2D eigenvalue weighted by Gasteiger charge is -2.36. The molecule has 1 aliphatic heterocycles. The normalized spacial score (nSPS) is 23.4. The van der Waals surface area contributed by atoms with Crippen molar-refractivity contribution in [2.75, 3.05) is 26.8 Å². The summed E-state index contributed by atoms with van der Waals surface area (Å²) in [7, 11) is 1.64. The quantitative estimate of drug-likeness (QED) is 0.742. The van der Waals surface area contributed by atoms with Crippen LogP contribution in [0.5, 0.6) is 0 Å². The zero-order chi connectivity index (χ0) is 13.1. The topological polar surface area (TPSA) is 48.0 Å². The minimum absolute atomic E-state index is 0.0276. The number of carbonyl (C=O) groups is 1. The molecule has 5 heteroatoms. The van der Waals surface area contributed by atoms with Crippen molar-refractivity contribution in [3.05, 3.63) is 0 Å². The lowest BCUT2D eigenvalue weighted by Crippen LogP contribution is -2.50. The first-order valence-electron chi connectivity index (χ1n) is 5.96. The number of amides is 1. The number of carbonyl (C=O) groups excluding carboxylic acids is 1. The van der Waals surface area contributed by atoms with E-state index in [1.165, 1.54) is 0 Å². The molecule has 0 aromatic heterocycles.